The first kappa shape index (κ1) is 13.4. The summed E-state index contributed by atoms with van der Waals surface area (Å²) >= 11 is 2.01. The fourth-order valence-electron chi connectivity index (χ4n) is 3.27. The molecule has 3 heterocycles. The molecule has 1 aromatic heterocycles. The maximum absolute atomic E-state index is 6.49. The number of thioether (sulfide) groups is 1. The van der Waals surface area contributed by atoms with Gasteiger partial charge in [-0.2, -0.15) is 11.8 Å². The van der Waals surface area contributed by atoms with Gasteiger partial charge in [-0.05, 0) is 49.0 Å². The van der Waals surface area contributed by atoms with Crippen LogP contribution in [-0.4, -0.2) is 28.7 Å². The second kappa shape index (κ2) is 5.43. The molecular weight excluding hydrogens is 256 g/mol. The Balaban J connectivity index is 1.74. The molecular formula is C15H22N2OS. The maximum Gasteiger partial charge on any atom is 0.0783 e. The molecule has 2 N–H and O–H groups in total. The highest BCUT2D eigenvalue weighted by Crippen LogP contribution is 2.43. The van der Waals surface area contributed by atoms with Crippen LogP contribution >= 0.6 is 11.8 Å². The van der Waals surface area contributed by atoms with E-state index in [1.54, 1.807) is 0 Å². The molecule has 0 aliphatic carbocycles. The van der Waals surface area contributed by atoms with Crippen molar-refractivity contribution in [3.63, 3.8) is 0 Å². The smallest absolute Gasteiger partial charge is 0.0783 e. The van der Waals surface area contributed by atoms with E-state index in [0.29, 0.717) is 5.92 Å². The minimum atomic E-state index is 0.0961. The lowest BCUT2D eigenvalue weighted by molar-refractivity contribution is -0.0834. The molecule has 3 nitrogen and oxygen atoms in total. The molecule has 1 spiro atoms. The molecule has 2 fully saturated rings. The maximum atomic E-state index is 6.49. The van der Waals surface area contributed by atoms with Gasteiger partial charge in [-0.3, -0.25) is 4.98 Å². The van der Waals surface area contributed by atoms with E-state index in [1.807, 2.05) is 24.2 Å². The van der Waals surface area contributed by atoms with Crippen LogP contribution in [0.1, 0.15) is 36.4 Å². The van der Waals surface area contributed by atoms with Crippen LogP contribution in [0.15, 0.2) is 18.5 Å². The molecule has 0 aromatic carbocycles. The molecule has 19 heavy (non-hydrogen) atoms. The van der Waals surface area contributed by atoms with Crippen molar-refractivity contribution in [3.8, 4) is 0 Å². The Kier molecular flexibility index (Phi) is 3.83. The predicted molar refractivity (Wildman–Crippen MR) is 79.3 cm³/mol. The average molecular weight is 278 g/mol. The van der Waals surface area contributed by atoms with Gasteiger partial charge in [0.2, 0.25) is 0 Å². The first-order valence-electron chi connectivity index (χ1n) is 7.07. The molecule has 3 rings (SSSR count). The summed E-state index contributed by atoms with van der Waals surface area (Å²) in [4.78, 5) is 4.27. The van der Waals surface area contributed by atoms with E-state index < -0.39 is 0 Å². The fraction of sp³-hybridized carbons (Fsp3) is 0.667. The number of aromatic nitrogens is 1. The largest absolute Gasteiger partial charge is 0.374 e. The van der Waals surface area contributed by atoms with Crippen LogP contribution in [0.4, 0.5) is 0 Å². The van der Waals surface area contributed by atoms with Gasteiger partial charge < -0.3 is 10.5 Å². The Labute approximate surface area is 119 Å². The van der Waals surface area contributed by atoms with Gasteiger partial charge in [-0.15, -0.1) is 0 Å². The van der Waals surface area contributed by atoms with E-state index in [4.69, 9.17) is 10.5 Å². The second-order valence-electron chi connectivity index (χ2n) is 5.91. The third kappa shape index (κ3) is 2.81. The predicted octanol–water partition coefficient (Wildman–Crippen LogP) is 2.69. The number of ether oxygens (including phenoxy) is 1. The molecule has 4 heteroatoms. The summed E-state index contributed by atoms with van der Waals surface area (Å²) in [6.45, 7) is 2.93. The van der Waals surface area contributed by atoms with Gasteiger partial charge in [0.1, 0.15) is 0 Å². The highest BCUT2D eigenvalue weighted by atomic mass is 32.2. The van der Waals surface area contributed by atoms with Crippen molar-refractivity contribution < 1.29 is 4.74 Å². The van der Waals surface area contributed by atoms with Crippen molar-refractivity contribution in [2.24, 2.45) is 11.7 Å². The molecule has 3 unspecified atom stereocenters. The summed E-state index contributed by atoms with van der Waals surface area (Å²) in [5, 5.41) is 0. The lowest BCUT2D eigenvalue weighted by Crippen LogP contribution is -2.42. The number of hydrogen-bond donors (Lipinski definition) is 1. The van der Waals surface area contributed by atoms with Crippen LogP contribution in [-0.2, 0) is 4.74 Å². The molecule has 0 amide bonds. The highest BCUT2D eigenvalue weighted by Gasteiger charge is 2.42. The first-order chi connectivity index (χ1) is 9.19. The number of nitrogens with zero attached hydrogens (tertiary/aromatic N) is 1. The number of hydrogen-bond acceptors (Lipinski definition) is 4. The molecule has 2 saturated heterocycles. The Morgan fingerprint density at radius 2 is 2.42 bits per heavy atom. The summed E-state index contributed by atoms with van der Waals surface area (Å²) in [6, 6.07) is 2.27. The van der Waals surface area contributed by atoms with Crippen molar-refractivity contribution in [3.05, 3.63) is 29.6 Å². The average Bonchev–Trinajstić information content (AvgIpc) is 2.86. The zero-order valence-corrected chi connectivity index (χ0v) is 12.3. The third-order valence-corrected chi connectivity index (χ3v) is 5.61. The normalized spacial score (nSPS) is 32.6. The summed E-state index contributed by atoms with van der Waals surface area (Å²) in [5.41, 5.74) is 8.96. The van der Waals surface area contributed by atoms with Crippen LogP contribution in [0, 0.1) is 12.8 Å². The van der Waals surface area contributed by atoms with Crippen molar-refractivity contribution in [1.29, 1.82) is 0 Å². The van der Waals surface area contributed by atoms with Crippen LogP contribution in [0.2, 0.25) is 0 Å². The zero-order chi connectivity index (χ0) is 13.3. The SMILES string of the molecule is Cc1cncc(C(N)C2CCOC3(CCSC3)C2)c1. The van der Waals surface area contributed by atoms with Gasteiger partial charge in [0.05, 0.1) is 5.60 Å². The van der Waals surface area contributed by atoms with Crippen LogP contribution < -0.4 is 5.73 Å². The molecule has 3 atom stereocenters. The molecule has 1 aromatic rings. The van der Waals surface area contributed by atoms with Gasteiger partial charge in [0.25, 0.3) is 0 Å². The Morgan fingerprint density at radius 3 is 3.16 bits per heavy atom. The van der Waals surface area contributed by atoms with Crippen molar-refractivity contribution in [1.82, 2.24) is 4.98 Å². The number of aryl methyl sites for hydroxylation is 1. The summed E-state index contributed by atoms with van der Waals surface area (Å²) < 4.78 is 6.07. The van der Waals surface area contributed by atoms with Crippen molar-refractivity contribution in [2.45, 2.75) is 37.8 Å². The molecule has 0 bridgehead atoms. The van der Waals surface area contributed by atoms with E-state index in [1.165, 1.54) is 23.3 Å². The van der Waals surface area contributed by atoms with Crippen LogP contribution in [0.25, 0.3) is 0 Å². The topological polar surface area (TPSA) is 48.1 Å². The second-order valence-corrected chi connectivity index (χ2v) is 7.01. The molecule has 104 valence electrons. The Morgan fingerprint density at radius 1 is 1.53 bits per heavy atom. The molecule has 2 aliphatic rings. The summed E-state index contributed by atoms with van der Waals surface area (Å²) in [6.07, 6.45) is 7.17. The quantitative estimate of drug-likeness (QED) is 0.903. The van der Waals surface area contributed by atoms with Gasteiger partial charge in [0.15, 0.2) is 0 Å². The number of pyridine rings is 1. The van der Waals surface area contributed by atoms with Crippen molar-refractivity contribution >= 4 is 11.8 Å². The third-order valence-electron chi connectivity index (χ3n) is 4.39. The molecule has 2 aliphatic heterocycles. The first-order valence-corrected chi connectivity index (χ1v) is 8.23. The molecule has 0 saturated carbocycles. The van der Waals surface area contributed by atoms with Gasteiger partial charge in [0, 0.05) is 30.8 Å². The lowest BCUT2D eigenvalue weighted by Gasteiger charge is -2.40. The van der Waals surface area contributed by atoms with Gasteiger partial charge in [-0.25, -0.2) is 0 Å². The summed E-state index contributed by atoms with van der Waals surface area (Å²) in [5.74, 6) is 2.90. The Bertz CT molecular complexity index is 446. The minimum absolute atomic E-state index is 0.0961. The van der Waals surface area contributed by atoms with Crippen molar-refractivity contribution in [2.75, 3.05) is 18.1 Å². The number of nitrogens with two attached hydrogens (primary N) is 1. The van der Waals surface area contributed by atoms with Gasteiger partial charge >= 0.3 is 0 Å². The van der Waals surface area contributed by atoms with E-state index >= 15 is 0 Å². The standard InChI is InChI=1S/C15H22N2OS/c1-11-6-13(9-17-8-11)14(16)12-2-4-18-15(7-12)3-5-19-10-15/h6,8-9,12,14H,2-5,7,10,16H2,1H3. The summed E-state index contributed by atoms with van der Waals surface area (Å²) in [7, 11) is 0. The Hall–Kier alpha value is -0.580. The van der Waals surface area contributed by atoms with Crippen LogP contribution in [0.5, 0.6) is 0 Å². The van der Waals surface area contributed by atoms with E-state index in [0.717, 1.165) is 25.2 Å². The highest BCUT2D eigenvalue weighted by molar-refractivity contribution is 7.99. The van der Waals surface area contributed by atoms with E-state index in [9.17, 15) is 0 Å². The van der Waals surface area contributed by atoms with Gasteiger partial charge in [-0.1, -0.05) is 6.07 Å². The molecule has 0 radical (unpaired) electrons. The zero-order valence-electron chi connectivity index (χ0n) is 11.5. The lowest BCUT2D eigenvalue weighted by atomic mass is 9.79. The minimum Gasteiger partial charge on any atom is -0.374 e. The fourth-order valence-corrected chi connectivity index (χ4v) is 4.65. The van der Waals surface area contributed by atoms with E-state index in [2.05, 4.69) is 18.0 Å². The number of rotatable bonds is 2. The monoisotopic (exact) mass is 278 g/mol. The van der Waals surface area contributed by atoms with Crippen LogP contribution in [0.3, 0.4) is 0 Å². The van der Waals surface area contributed by atoms with E-state index in [-0.39, 0.29) is 11.6 Å².